The van der Waals surface area contributed by atoms with Gasteiger partial charge in [-0.1, -0.05) is 0 Å². The molecule has 1 aromatic carbocycles. The summed E-state index contributed by atoms with van der Waals surface area (Å²) in [7, 11) is 1.62. The topological polar surface area (TPSA) is 97.3 Å². The van der Waals surface area contributed by atoms with E-state index in [-0.39, 0.29) is 6.10 Å². The summed E-state index contributed by atoms with van der Waals surface area (Å²) in [4.78, 5) is 19.8. The summed E-state index contributed by atoms with van der Waals surface area (Å²) in [6, 6.07) is 7.72. The van der Waals surface area contributed by atoms with Crippen LogP contribution in [-0.4, -0.2) is 52.3 Å². The monoisotopic (exact) mass is 477 g/mol. The SMILES string of the molecule is COc1cc(Nc2nccc(Nc3cnc4cc(F)c(F)cc4c3)n2)cnc1N1C[C@@H]2C[C@H]1CO2. The van der Waals surface area contributed by atoms with Gasteiger partial charge in [-0.3, -0.25) is 4.98 Å². The molecule has 178 valence electrons. The second kappa shape index (κ2) is 8.58. The van der Waals surface area contributed by atoms with Crippen LogP contribution >= 0.6 is 0 Å². The van der Waals surface area contributed by atoms with E-state index in [0.29, 0.717) is 52.4 Å². The van der Waals surface area contributed by atoms with E-state index in [1.54, 1.807) is 31.6 Å². The molecular weight excluding hydrogens is 456 g/mol. The highest BCUT2D eigenvalue weighted by Crippen LogP contribution is 2.37. The van der Waals surface area contributed by atoms with Gasteiger partial charge in [0.25, 0.3) is 0 Å². The molecule has 2 aliphatic heterocycles. The molecular formula is C24H21F2N7O2. The number of methoxy groups -OCH3 is 1. The van der Waals surface area contributed by atoms with Crippen molar-refractivity contribution in [1.29, 1.82) is 0 Å². The number of nitrogens with one attached hydrogen (secondary N) is 2. The molecule has 0 aliphatic carbocycles. The number of nitrogens with zero attached hydrogens (tertiary/aromatic N) is 5. The zero-order chi connectivity index (χ0) is 23.9. The molecule has 0 saturated carbocycles. The molecule has 6 rings (SSSR count). The lowest BCUT2D eigenvalue weighted by atomic mass is 10.2. The Hall–Kier alpha value is -4.12. The summed E-state index contributed by atoms with van der Waals surface area (Å²) in [6.07, 6.45) is 6.11. The third-order valence-electron chi connectivity index (χ3n) is 6.13. The van der Waals surface area contributed by atoms with Crippen molar-refractivity contribution >= 4 is 39.9 Å². The lowest BCUT2D eigenvalue weighted by Crippen LogP contribution is -2.37. The van der Waals surface area contributed by atoms with Crippen LogP contribution in [0.4, 0.5) is 37.7 Å². The zero-order valence-corrected chi connectivity index (χ0v) is 18.7. The highest BCUT2D eigenvalue weighted by Gasteiger charge is 2.40. The van der Waals surface area contributed by atoms with Crippen LogP contribution in [0, 0.1) is 11.6 Å². The molecule has 4 aromatic rings. The minimum absolute atomic E-state index is 0.256. The number of halogens is 2. The van der Waals surface area contributed by atoms with Crippen molar-refractivity contribution < 1.29 is 18.3 Å². The summed E-state index contributed by atoms with van der Waals surface area (Å²) < 4.78 is 38.3. The number of ether oxygens (including phenoxy) is 2. The van der Waals surface area contributed by atoms with E-state index in [1.165, 1.54) is 6.20 Å². The molecule has 0 amide bonds. The molecule has 9 nitrogen and oxygen atoms in total. The van der Waals surface area contributed by atoms with Gasteiger partial charge in [-0.2, -0.15) is 4.98 Å². The van der Waals surface area contributed by atoms with E-state index in [1.807, 2.05) is 6.07 Å². The number of benzene rings is 1. The summed E-state index contributed by atoms with van der Waals surface area (Å²) >= 11 is 0. The van der Waals surface area contributed by atoms with E-state index in [2.05, 4.69) is 35.5 Å². The third kappa shape index (κ3) is 4.14. The second-order valence-corrected chi connectivity index (χ2v) is 8.45. The highest BCUT2D eigenvalue weighted by atomic mass is 19.2. The van der Waals surface area contributed by atoms with Gasteiger partial charge in [0, 0.05) is 30.3 Å². The van der Waals surface area contributed by atoms with Crippen molar-refractivity contribution in [3.63, 3.8) is 0 Å². The van der Waals surface area contributed by atoms with Crippen molar-refractivity contribution in [2.75, 3.05) is 35.8 Å². The number of pyridine rings is 2. The molecule has 2 aliphatic rings. The van der Waals surface area contributed by atoms with Crippen molar-refractivity contribution in [1.82, 2.24) is 19.9 Å². The molecule has 0 radical (unpaired) electrons. The Kier molecular flexibility index (Phi) is 5.25. The molecule has 0 unspecified atom stereocenters. The summed E-state index contributed by atoms with van der Waals surface area (Å²) in [5, 5.41) is 6.73. The van der Waals surface area contributed by atoms with Gasteiger partial charge in [0.2, 0.25) is 5.95 Å². The normalized spacial score (nSPS) is 18.8. The van der Waals surface area contributed by atoms with Crippen LogP contribution < -0.4 is 20.3 Å². The van der Waals surface area contributed by atoms with Gasteiger partial charge in [0.1, 0.15) is 5.82 Å². The molecule has 0 spiro atoms. The lowest BCUT2D eigenvalue weighted by molar-refractivity contribution is 0.0987. The van der Waals surface area contributed by atoms with E-state index >= 15 is 0 Å². The quantitative estimate of drug-likeness (QED) is 0.424. The Bertz CT molecular complexity index is 1420. The molecule has 35 heavy (non-hydrogen) atoms. The molecule has 2 fully saturated rings. The van der Waals surface area contributed by atoms with E-state index in [9.17, 15) is 8.78 Å². The van der Waals surface area contributed by atoms with Gasteiger partial charge >= 0.3 is 0 Å². The molecule has 2 atom stereocenters. The van der Waals surface area contributed by atoms with E-state index < -0.39 is 11.6 Å². The molecule has 2 N–H and O–H groups in total. The van der Waals surface area contributed by atoms with Gasteiger partial charge in [-0.25, -0.2) is 18.7 Å². The number of fused-ring (bicyclic) bond motifs is 3. The lowest BCUT2D eigenvalue weighted by Gasteiger charge is -2.29. The van der Waals surface area contributed by atoms with Crippen molar-refractivity contribution in [3.05, 3.63) is 60.6 Å². The largest absolute Gasteiger partial charge is 0.493 e. The van der Waals surface area contributed by atoms with Crippen LogP contribution in [-0.2, 0) is 4.74 Å². The maximum Gasteiger partial charge on any atom is 0.229 e. The fourth-order valence-corrected chi connectivity index (χ4v) is 4.49. The Balaban J connectivity index is 1.20. The number of hydrogen-bond acceptors (Lipinski definition) is 9. The second-order valence-electron chi connectivity index (χ2n) is 8.45. The number of hydrogen-bond donors (Lipinski definition) is 2. The minimum Gasteiger partial charge on any atom is -0.493 e. The molecule has 2 bridgehead atoms. The zero-order valence-electron chi connectivity index (χ0n) is 18.7. The molecule has 11 heteroatoms. The Morgan fingerprint density at radius 1 is 1.03 bits per heavy atom. The highest BCUT2D eigenvalue weighted by molar-refractivity contribution is 5.82. The maximum absolute atomic E-state index is 13.6. The Labute approximate surface area is 199 Å². The third-order valence-corrected chi connectivity index (χ3v) is 6.13. The van der Waals surface area contributed by atoms with E-state index in [4.69, 9.17) is 9.47 Å². The van der Waals surface area contributed by atoms with Gasteiger partial charge in [0.15, 0.2) is 23.2 Å². The average Bonchev–Trinajstić information content (AvgIpc) is 3.49. The Morgan fingerprint density at radius 3 is 2.66 bits per heavy atom. The van der Waals surface area contributed by atoms with Crippen LogP contribution in [0.1, 0.15) is 6.42 Å². The first kappa shape index (κ1) is 21.4. The van der Waals surface area contributed by atoms with Gasteiger partial charge in [-0.05, 0) is 24.6 Å². The van der Waals surface area contributed by atoms with Crippen LogP contribution in [0.2, 0.25) is 0 Å². The predicted octanol–water partition coefficient (Wildman–Crippen LogP) is 4.17. The first-order chi connectivity index (χ1) is 17.1. The van der Waals surface area contributed by atoms with Crippen molar-refractivity contribution in [3.8, 4) is 5.75 Å². The molecule has 3 aromatic heterocycles. The first-order valence-electron chi connectivity index (χ1n) is 11.1. The summed E-state index contributed by atoms with van der Waals surface area (Å²) in [5.41, 5.74) is 1.61. The van der Waals surface area contributed by atoms with Crippen LogP contribution in [0.25, 0.3) is 10.9 Å². The number of rotatable bonds is 6. The van der Waals surface area contributed by atoms with Gasteiger partial charge < -0.3 is 25.0 Å². The minimum atomic E-state index is -0.932. The number of anilines is 5. The van der Waals surface area contributed by atoms with Crippen molar-refractivity contribution in [2.24, 2.45) is 0 Å². The average molecular weight is 477 g/mol. The first-order valence-corrected chi connectivity index (χ1v) is 11.1. The maximum atomic E-state index is 13.6. The van der Waals surface area contributed by atoms with Crippen LogP contribution in [0.3, 0.4) is 0 Å². The van der Waals surface area contributed by atoms with Crippen molar-refractivity contribution in [2.45, 2.75) is 18.6 Å². The standard InChI is InChI=1S/C24H21F2N7O2/c1-34-21-6-15(10-29-23(21)33-11-17-7-16(33)12-35-17)31-24-27-3-2-22(32-24)30-14-4-13-5-18(25)19(26)8-20(13)28-9-14/h2-6,8-10,16-17H,7,11-12H2,1H3,(H2,27,30,31,32)/t16-,17-/m0/s1. The summed E-state index contributed by atoms with van der Waals surface area (Å²) in [5.74, 6) is 0.440. The predicted molar refractivity (Wildman–Crippen MR) is 127 cm³/mol. The Morgan fingerprint density at radius 2 is 1.86 bits per heavy atom. The number of aromatic nitrogens is 4. The fourth-order valence-electron chi connectivity index (χ4n) is 4.49. The summed E-state index contributed by atoms with van der Waals surface area (Å²) in [6.45, 7) is 1.52. The van der Waals surface area contributed by atoms with Gasteiger partial charge in [-0.15, -0.1) is 0 Å². The van der Waals surface area contributed by atoms with Crippen LogP contribution in [0.15, 0.2) is 48.9 Å². The van der Waals surface area contributed by atoms with E-state index in [0.717, 1.165) is 30.9 Å². The molecule has 5 heterocycles. The smallest absolute Gasteiger partial charge is 0.229 e. The fraction of sp³-hybridized carbons (Fsp3) is 0.250. The van der Waals surface area contributed by atoms with Crippen LogP contribution in [0.5, 0.6) is 5.75 Å². The molecule has 2 saturated heterocycles. The van der Waals surface area contributed by atoms with Gasteiger partial charge in [0.05, 0.1) is 55.1 Å². The number of morpholine rings is 1.